The van der Waals surface area contributed by atoms with Crippen LogP contribution in [0.5, 0.6) is 0 Å². The highest BCUT2D eigenvalue weighted by Crippen LogP contribution is 2.18. The Kier molecular flexibility index (Phi) is 3.22. The molecule has 1 aromatic carbocycles. The first-order valence-corrected chi connectivity index (χ1v) is 5.40. The summed E-state index contributed by atoms with van der Waals surface area (Å²) >= 11 is 0. The first-order valence-electron chi connectivity index (χ1n) is 5.40. The van der Waals surface area contributed by atoms with Crippen molar-refractivity contribution in [2.75, 3.05) is 11.7 Å². The molecular weight excluding hydrogens is 188 g/mol. The van der Waals surface area contributed by atoms with Gasteiger partial charge in [0.1, 0.15) is 0 Å². The van der Waals surface area contributed by atoms with E-state index in [9.17, 15) is 0 Å². The molecule has 15 heavy (non-hydrogen) atoms. The quantitative estimate of drug-likeness (QED) is 0.753. The summed E-state index contributed by atoms with van der Waals surface area (Å²) < 4.78 is 5.04. The molecule has 0 spiro atoms. The Morgan fingerprint density at radius 1 is 1.33 bits per heavy atom. The molecule has 0 N–H and O–H groups in total. The number of hydrogen-bond acceptors (Lipinski definition) is 3. The zero-order valence-electron chi connectivity index (χ0n) is 9.02. The highest BCUT2D eigenvalue weighted by molar-refractivity contribution is 5.56. The van der Waals surface area contributed by atoms with Gasteiger partial charge >= 0.3 is 0 Å². The van der Waals surface area contributed by atoms with E-state index < -0.39 is 0 Å². The Labute approximate surface area is 90.4 Å². The lowest BCUT2D eigenvalue weighted by Crippen LogP contribution is -2.12. The molecular formula is C12H16N2O. The molecule has 0 saturated carbocycles. The van der Waals surface area contributed by atoms with Crippen LogP contribution in [-0.4, -0.2) is 13.1 Å². The van der Waals surface area contributed by atoms with Gasteiger partial charge in [0.15, 0.2) is 13.1 Å². The fourth-order valence-electron chi connectivity index (χ4n) is 1.58. The number of benzene rings is 1. The Bertz CT molecular complexity index is 332. The Morgan fingerprint density at radius 3 is 2.73 bits per heavy atom. The van der Waals surface area contributed by atoms with Crippen LogP contribution in [0.1, 0.15) is 25.3 Å². The molecule has 0 fully saturated rings. The van der Waals surface area contributed by atoms with Crippen LogP contribution >= 0.6 is 0 Å². The maximum Gasteiger partial charge on any atom is 0.195 e. The molecule has 0 bridgehead atoms. The molecule has 3 heteroatoms. The molecule has 0 saturated heterocycles. The lowest BCUT2D eigenvalue weighted by atomic mass is 10.1. The van der Waals surface area contributed by atoms with Gasteiger partial charge in [-0.1, -0.05) is 25.5 Å². The molecule has 1 aromatic rings. The minimum atomic E-state index is 0.522. The third-order valence-electron chi connectivity index (χ3n) is 2.51. The molecule has 3 nitrogen and oxygen atoms in total. The van der Waals surface area contributed by atoms with Crippen molar-refractivity contribution in [1.29, 1.82) is 0 Å². The van der Waals surface area contributed by atoms with Gasteiger partial charge in [0.25, 0.3) is 0 Å². The Balaban J connectivity index is 2.00. The van der Waals surface area contributed by atoms with Crippen molar-refractivity contribution in [3.63, 3.8) is 0 Å². The van der Waals surface area contributed by atoms with E-state index in [1.165, 1.54) is 24.8 Å². The van der Waals surface area contributed by atoms with Gasteiger partial charge in [0, 0.05) is 0 Å². The van der Waals surface area contributed by atoms with E-state index in [1.54, 1.807) is 0 Å². The fraction of sp³-hybridized carbons (Fsp3) is 0.417. The second kappa shape index (κ2) is 4.82. The third-order valence-corrected chi connectivity index (χ3v) is 2.51. The van der Waals surface area contributed by atoms with Gasteiger partial charge < -0.3 is 4.74 Å². The maximum absolute atomic E-state index is 5.04. The van der Waals surface area contributed by atoms with Gasteiger partial charge in [-0.15, -0.1) is 5.10 Å². The normalized spacial score (nSPS) is 14.3. The van der Waals surface area contributed by atoms with Gasteiger partial charge in [-0.05, 0) is 30.5 Å². The summed E-state index contributed by atoms with van der Waals surface area (Å²) in [5.74, 6) is 0. The topological polar surface area (TPSA) is 24.8 Å². The van der Waals surface area contributed by atoms with Crippen LogP contribution in [0, 0.1) is 0 Å². The van der Waals surface area contributed by atoms with E-state index in [2.05, 4.69) is 36.3 Å². The average Bonchev–Trinajstić information content (AvgIpc) is 2.80. The summed E-state index contributed by atoms with van der Waals surface area (Å²) in [6.07, 6.45) is 5.14. The van der Waals surface area contributed by atoms with Gasteiger partial charge in [0.05, 0.1) is 5.69 Å². The fourth-order valence-corrected chi connectivity index (χ4v) is 1.58. The van der Waals surface area contributed by atoms with Crippen LogP contribution in [0.3, 0.4) is 0 Å². The van der Waals surface area contributed by atoms with Crippen LogP contribution in [0.15, 0.2) is 29.4 Å². The van der Waals surface area contributed by atoms with E-state index in [0.29, 0.717) is 6.73 Å². The molecule has 80 valence electrons. The molecule has 2 rings (SSSR count). The van der Waals surface area contributed by atoms with Crippen molar-refractivity contribution in [2.24, 2.45) is 5.10 Å². The summed E-state index contributed by atoms with van der Waals surface area (Å²) in [5, 5.41) is 5.92. The number of aryl methyl sites for hydroxylation is 1. The lowest BCUT2D eigenvalue weighted by Gasteiger charge is -2.11. The average molecular weight is 204 g/mol. The number of unbranched alkanes of at least 4 members (excludes halogenated alkanes) is 1. The monoisotopic (exact) mass is 204 g/mol. The van der Waals surface area contributed by atoms with E-state index in [4.69, 9.17) is 4.74 Å². The summed E-state index contributed by atoms with van der Waals surface area (Å²) in [6, 6.07) is 8.52. The molecule has 0 atom stereocenters. The summed E-state index contributed by atoms with van der Waals surface area (Å²) in [6.45, 7) is 2.74. The van der Waals surface area contributed by atoms with Gasteiger partial charge in [-0.2, -0.15) is 0 Å². The number of rotatable bonds is 4. The minimum Gasteiger partial charge on any atom is -0.459 e. The van der Waals surface area contributed by atoms with Crippen molar-refractivity contribution >= 4 is 12.1 Å². The number of hydrogen-bond donors (Lipinski definition) is 0. The highest BCUT2D eigenvalue weighted by Gasteiger charge is 2.08. The second-order valence-electron chi connectivity index (χ2n) is 3.69. The van der Waals surface area contributed by atoms with E-state index in [1.807, 2.05) is 5.01 Å². The molecule has 0 aromatic heterocycles. The van der Waals surface area contributed by atoms with Crippen molar-refractivity contribution in [1.82, 2.24) is 0 Å². The Hall–Kier alpha value is -1.51. The molecule has 0 radical (unpaired) electrons. The van der Waals surface area contributed by atoms with Crippen molar-refractivity contribution in [3.8, 4) is 0 Å². The number of ether oxygens (including phenoxy) is 1. The smallest absolute Gasteiger partial charge is 0.195 e. The predicted octanol–water partition coefficient (Wildman–Crippen LogP) is 2.77. The molecule has 1 heterocycles. The Morgan fingerprint density at radius 2 is 2.13 bits per heavy atom. The molecule has 0 aliphatic carbocycles. The number of anilines is 1. The van der Waals surface area contributed by atoms with Crippen molar-refractivity contribution in [3.05, 3.63) is 29.8 Å². The largest absolute Gasteiger partial charge is 0.459 e. The zero-order valence-corrected chi connectivity index (χ0v) is 9.02. The van der Waals surface area contributed by atoms with Gasteiger partial charge in [0.2, 0.25) is 0 Å². The van der Waals surface area contributed by atoms with E-state index in [0.717, 1.165) is 12.1 Å². The minimum absolute atomic E-state index is 0.522. The SMILES string of the molecule is CCCCc1ccc(N2COC=N2)cc1. The van der Waals surface area contributed by atoms with E-state index >= 15 is 0 Å². The molecule has 1 aliphatic heterocycles. The highest BCUT2D eigenvalue weighted by atomic mass is 16.5. The zero-order chi connectivity index (χ0) is 10.5. The molecule has 1 aliphatic rings. The predicted molar refractivity (Wildman–Crippen MR) is 62.0 cm³/mol. The van der Waals surface area contributed by atoms with Gasteiger partial charge in [-0.25, -0.2) is 5.01 Å². The van der Waals surface area contributed by atoms with E-state index in [-0.39, 0.29) is 0 Å². The summed E-state index contributed by atoms with van der Waals surface area (Å²) in [4.78, 5) is 0. The first-order chi connectivity index (χ1) is 7.40. The van der Waals surface area contributed by atoms with Crippen LogP contribution in [0.2, 0.25) is 0 Å². The molecule has 0 amide bonds. The first kappa shape index (κ1) is 10.0. The second-order valence-corrected chi connectivity index (χ2v) is 3.69. The summed E-state index contributed by atoms with van der Waals surface area (Å²) in [7, 11) is 0. The summed E-state index contributed by atoms with van der Waals surface area (Å²) in [5.41, 5.74) is 2.48. The lowest BCUT2D eigenvalue weighted by molar-refractivity contribution is 0.350. The van der Waals surface area contributed by atoms with Gasteiger partial charge in [-0.3, -0.25) is 0 Å². The number of hydrazone groups is 1. The van der Waals surface area contributed by atoms with Crippen LogP contribution in [-0.2, 0) is 11.2 Å². The number of nitrogens with zero attached hydrogens (tertiary/aromatic N) is 2. The van der Waals surface area contributed by atoms with Crippen LogP contribution in [0.25, 0.3) is 0 Å². The maximum atomic E-state index is 5.04. The van der Waals surface area contributed by atoms with Crippen molar-refractivity contribution in [2.45, 2.75) is 26.2 Å². The van der Waals surface area contributed by atoms with Crippen LogP contribution < -0.4 is 5.01 Å². The van der Waals surface area contributed by atoms with Crippen molar-refractivity contribution < 1.29 is 4.74 Å². The van der Waals surface area contributed by atoms with Crippen LogP contribution in [0.4, 0.5) is 5.69 Å². The standard InChI is InChI=1S/C12H16N2O/c1-2-3-4-11-5-7-12(8-6-11)14-10-15-9-13-14/h5-9H,2-4,10H2,1H3. The third kappa shape index (κ3) is 2.49. The molecule has 0 unspecified atom stereocenters.